The smallest absolute Gasteiger partial charge is 0.409 e. The lowest BCUT2D eigenvalue weighted by Gasteiger charge is -2.35. The third-order valence-electron chi connectivity index (χ3n) is 3.76. The van der Waals surface area contributed by atoms with Crippen LogP contribution in [0, 0.1) is 0 Å². The number of hydrogen-bond donors (Lipinski definition) is 2. The number of likely N-dealkylation sites (tertiary alicyclic amines) is 1. The van der Waals surface area contributed by atoms with Gasteiger partial charge in [0.2, 0.25) is 5.91 Å². The molecule has 1 atom stereocenters. The van der Waals surface area contributed by atoms with Crippen molar-refractivity contribution in [2.45, 2.75) is 44.7 Å². The molecule has 2 rings (SSSR count). The maximum absolute atomic E-state index is 11.6. The van der Waals surface area contributed by atoms with E-state index < -0.39 is 0 Å². The molecule has 0 saturated carbocycles. The standard InChI is InChI=1S/C13H23N3O3/c1-2-19-13(18)16-7-5-10(6-8-16)15-11-3-4-12(17)14-9-11/h10-11,15H,2-9H2,1H3,(H,14,17). The minimum Gasteiger partial charge on any atom is -0.450 e. The van der Waals surface area contributed by atoms with E-state index in [1.54, 1.807) is 4.90 Å². The van der Waals surface area contributed by atoms with Crippen molar-refractivity contribution in [2.24, 2.45) is 0 Å². The van der Waals surface area contributed by atoms with Crippen LogP contribution in [0.2, 0.25) is 0 Å². The number of piperidine rings is 2. The quantitative estimate of drug-likeness (QED) is 0.781. The molecule has 2 fully saturated rings. The normalized spacial score (nSPS) is 25.0. The van der Waals surface area contributed by atoms with Crippen LogP contribution in [0.15, 0.2) is 0 Å². The fraction of sp³-hybridized carbons (Fsp3) is 0.846. The molecule has 108 valence electrons. The molecule has 0 aromatic heterocycles. The molecule has 2 aliphatic heterocycles. The Hall–Kier alpha value is -1.30. The zero-order valence-electron chi connectivity index (χ0n) is 11.5. The lowest BCUT2D eigenvalue weighted by molar-refractivity contribution is -0.122. The first-order valence-electron chi connectivity index (χ1n) is 7.13. The van der Waals surface area contributed by atoms with E-state index >= 15 is 0 Å². The molecule has 0 aromatic rings. The number of hydrogen-bond acceptors (Lipinski definition) is 4. The SMILES string of the molecule is CCOC(=O)N1CCC(NC2CCC(=O)NC2)CC1. The van der Waals surface area contributed by atoms with Crippen LogP contribution >= 0.6 is 0 Å². The van der Waals surface area contributed by atoms with Gasteiger partial charge in [-0.05, 0) is 26.2 Å². The number of rotatable bonds is 3. The summed E-state index contributed by atoms with van der Waals surface area (Å²) in [7, 11) is 0. The van der Waals surface area contributed by atoms with Crippen molar-refractivity contribution in [3.8, 4) is 0 Å². The second-order valence-corrected chi connectivity index (χ2v) is 5.17. The van der Waals surface area contributed by atoms with Crippen LogP contribution < -0.4 is 10.6 Å². The van der Waals surface area contributed by atoms with E-state index in [0.717, 1.165) is 38.9 Å². The molecule has 0 bridgehead atoms. The highest BCUT2D eigenvalue weighted by molar-refractivity contribution is 5.76. The van der Waals surface area contributed by atoms with Crippen molar-refractivity contribution in [1.82, 2.24) is 15.5 Å². The predicted octanol–water partition coefficient (Wildman–Crippen LogP) is 0.476. The summed E-state index contributed by atoms with van der Waals surface area (Å²) in [6.45, 7) is 4.46. The second-order valence-electron chi connectivity index (χ2n) is 5.17. The van der Waals surface area contributed by atoms with E-state index in [2.05, 4.69) is 10.6 Å². The molecule has 0 aromatic carbocycles. The molecule has 2 N–H and O–H groups in total. The molecular formula is C13H23N3O3. The Labute approximate surface area is 113 Å². The van der Waals surface area contributed by atoms with Gasteiger partial charge in [-0.15, -0.1) is 0 Å². The van der Waals surface area contributed by atoms with E-state index in [1.165, 1.54) is 0 Å². The summed E-state index contributed by atoms with van der Waals surface area (Å²) in [5.74, 6) is 0.148. The maximum atomic E-state index is 11.6. The van der Waals surface area contributed by atoms with Crippen LogP contribution in [0.4, 0.5) is 4.79 Å². The van der Waals surface area contributed by atoms with Gasteiger partial charge in [0.05, 0.1) is 6.61 Å². The topological polar surface area (TPSA) is 70.7 Å². The van der Waals surface area contributed by atoms with Crippen molar-refractivity contribution in [2.75, 3.05) is 26.2 Å². The lowest BCUT2D eigenvalue weighted by atomic mass is 10.0. The van der Waals surface area contributed by atoms with Gasteiger partial charge in [-0.3, -0.25) is 4.79 Å². The third kappa shape index (κ3) is 4.09. The maximum Gasteiger partial charge on any atom is 0.409 e. The molecule has 2 saturated heterocycles. The van der Waals surface area contributed by atoms with Gasteiger partial charge in [0.1, 0.15) is 0 Å². The molecule has 6 nitrogen and oxygen atoms in total. The number of nitrogens with zero attached hydrogens (tertiary/aromatic N) is 1. The van der Waals surface area contributed by atoms with Gasteiger partial charge < -0.3 is 20.3 Å². The van der Waals surface area contributed by atoms with Gasteiger partial charge in [-0.2, -0.15) is 0 Å². The average molecular weight is 269 g/mol. The van der Waals surface area contributed by atoms with E-state index in [1.807, 2.05) is 6.92 Å². The van der Waals surface area contributed by atoms with Crippen LogP contribution in [-0.4, -0.2) is 55.2 Å². The molecule has 0 radical (unpaired) electrons. The molecule has 0 aliphatic carbocycles. The molecule has 1 unspecified atom stereocenters. The average Bonchev–Trinajstić information content (AvgIpc) is 2.42. The van der Waals surface area contributed by atoms with Gasteiger partial charge in [0, 0.05) is 38.1 Å². The van der Waals surface area contributed by atoms with E-state index in [9.17, 15) is 9.59 Å². The summed E-state index contributed by atoms with van der Waals surface area (Å²) in [5.41, 5.74) is 0. The minimum atomic E-state index is -0.203. The monoisotopic (exact) mass is 269 g/mol. The van der Waals surface area contributed by atoms with Crippen LogP contribution in [0.3, 0.4) is 0 Å². The van der Waals surface area contributed by atoms with Gasteiger partial charge in [0.15, 0.2) is 0 Å². The first-order chi connectivity index (χ1) is 9.19. The van der Waals surface area contributed by atoms with Gasteiger partial charge in [-0.25, -0.2) is 4.79 Å². The van der Waals surface area contributed by atoms with Crippen LogP contribution in [0.5, 0.6) is 0 Å². The Morgan fingerprint density at radius 2 is 2.11 bits per heavy atom. The zero-order chi connectivity index (χ0) is 13.7. The molecule has 2 aliphatic rings. The fourth-order valence-electron chi connectivity index (χ4n) is 2.65. The largest absolute Gasteiger partial charge is 0.450 e. The highest BCUT2D eigenvalue weighted by Gasteiger charge is 2.26. The van der Waals surface area contributed by atoms with E-state index in [4.69, 9.17) is 4.74 Å². The number of amides is 2. The predicted molar refractivity (Wildman–Crippen MR) is 70.8 cm³/mol. The summed E-state index contributed by atoms with van der Waals surface area (Å²) in [4.78, 5) is 24.4. The van der Waals surface area contributed by atoms with Crippen molar-refractivity contribution in [3.05, 3.63) is 0 Å². The third-order valence-corrected chi connectivity index (χ3v) is 3.76. The van der Waals surface area contributed by atoms with E-state index in [0.29, 0.717) is 25.1 Å². The summed E-state index contributed by atoms with van der Waals surface area (Å²) < 4.78 is 5.00. The Balaban J connectivity index is 1.68. The van der Waals surface area contributed by atoms with Crippen molar-refractivity contribution in [1.29, 1.82) is 0 Å². The first kappa shape index (κ1) is 14.1. The van der Waals surface area contributed by atoms with Gasteiger partial charge >= 0.3 is 6.09 Å². The Kier molecular flexibility index (Phi) is 5.01. The number of nitrogens with one attached hydrogen (secondary N) is 2. The summed E-state index contributed by atoms with van der Waals surface area (Å²) >= 11 is 0. The number of ether oxygens (including phenoxy) is 1. The molecule has 0 spiro atoms. The van der Waals surface area contributed by atoms with Crippen molar-refractivity contribution in [3.63, 3.8) is 0 Å². The molecule has 2 heterocycles. The Morgan fingerprint density at radius 1 is 1.37 bits per heavy atom. The number of carbonyl (C=O) groups excluding carboxylic acids is 2. The summed E-state index contributed by atoms with van der Waals surface area (Å²) in [5, 5.41) is 6.46. The first-order valence-corrected chi connectivity index (χ1v) is 7.13. The Morgan fingerprint density at radius 3 is 2.68 bits per heavy atom. The van der Waals surface area contributed by atoms with Crippen LogP contribution in [0.25, 0.3) is 0 Å². The molecular weight excluding hydrogens is 246 g/mol. The fourth-order valence-corrected chi connectivity index (χ4v) is 2.65. The van der Waals surface area contributed by atoms with E-state index in [-0.39, 0.29) is 12.0 Å². The minimum absolute atomic E-state index is 0.148. The van der Waals surface area contributed by atoms with Crippen molar-refractivity contribution < 1.29 is 14.3 Å². The molecule has 6 heteroatoms. The van der Waals surface area contributed by atoms with Crippen LogP contribution in [-0.2, 0) is 9.53 Å². The lowest BCUT2D eigenvalue weighted by Crippen LogP contribution is -2.52. The van der Waals surface area contributed by atoms with Gasteiger partial charge in [0.25, 0.3) is 0 Å². The second kappa shape index (κ2) is 6.75. The summed E-state index contributed by atoms with van der Waals surface area (Å²) in [6, 6.07) is 0.808. The molecule has 2 amide bonds. The number of carbonyl (C=O) groups is 2. The zero-order valence-corrected chi connectivity index (χ0v) is 11.5. The van der Waals surface area contributed by atoms with Gasteiger partial charge in [-0.1, -0.05) is 0 Å². The highest BCUT2D eigenvalue weighted by atomic mass is 16.6. The summed E-state index contributed by atoms with van der Waals surface area (Å²) in [6.07, 6.45) is 3.21. The highest BCUT2D eigenvalue weighted by Crippen LogP contribution is 2.14. The Bertz CT molecular complexity index is 317. The molecule has 19 heavy (non-hydrogen) atoms. The van der Waals surface area contributed by atoms with Crippen molar-refractivity contribution >= 4 is 12.0 Å². The van der Waals surface area contributed by atoms with Crippen LogP contribution in [0.1, 0.15) is 32.6 Å².